The van der Waals surface area contributed by atoms with Crippen LogP contribution in [0.1, 0.15) is 77.4 Å². The number of hydrogen-bond acceptors (Lipinski definition) is 5. The zero-order valence-corrected chi connectivity index (χ0v) is 26.2. The van der Waals surface area contributed by atoms with E-state index < -0.39 is 29.7 Å². The van der Waals surface area contributed by atoms with Crippen molar-refractivity contribution in [1.82, 2.24) is 15.5 Å². The van der Waals surface area contributed by atoms with Crippen molar-refractivity contribution in [3.8, 4) is 5.75 Å². The number of carbonyl (C=O) groups excluding carboxylic acids is 2. The van der Waals surface area contributed by atoms with Crippen LogP contribution in [-0.2, 0) is 13.0 Å². The number of aliphatic hydroxyl groups is 1. The zero-order chi connectivity index (χ0) is 32.1. The highest BCUT2D eigenvalue weighted by Gasteiger charge is 2.24. The molecule has 0 heterocycles. The second kappa shape index (κ2) is 17.5. The molecule has 3 N–H and O–H groups in total. The van der Waals surface area contributed by atoms with Gasteiger partial charge in [0.05, 0.1) is 18.8 Å². The normalized spacial score (nSPS) is 12.4. The Hall–Kier alpha value is -3.82. The Bertz CT molecular complexity index is 1360. The summed E-state index contributed by atoms with van der Waals surface area (Å²) in [6.07, 6.45) is 1.42. The zero-order valence-electron chi connectivity index (χ0n) is 26.2. The van der Waals surface area contributed by atoms with Crippen LogP contribution < -0.4 is 15.4 Å². The molecule has 0 saturated carbocycles. The molecule has 0 unspecified atom stereocenters. The van der Waals surface area contributed by atoms with Gasteiger partial charge in [0.25, 0.3) is 11.8 Å². The van der Waals surface area contributed by atoms with Gasteiger partial charge in [0.1, 0.15) is 17.4 Å². The lowest BCUT2D eigenvalue weighted by Crippen LogP contribution is -2.48. The second-order valence-electron chi connectivity index (χ2n) is 11.1. The van der Waals surface area contributed by atoms with Crippen LogP contribution in [0.4, 0.5) is 8.78 Å². The lowest BCUT2D eigenvalue weighted by atomic mass is 9.99. The summed E-state index contributed by atoms with van der Waals surface area (Å²) in [4.78, 5) is 28.6. The minimum atomic E-state index is -1.10. The van der Waals surface area contributed by atoms with Crippen LogP contribution in [0.25, 0.3) is 0 Å². The lowest BCUT2D eigenvalue weighted by molar-refractivity contribution is 0.0755. The molecule has 0 radical (unpaired) electrons. The molecular weight excluding hydrogens is 564 g/mol. The Balaban J connectivity index is 1.78. The first kappa shape index (κ1) is 34.7. The lowest BCUT2D eigenvalue weighted by Gasteiger charge is -2.25. The highest BCUT2D eigenvalue weighted by Crippen LogP contribution is 2.17. The van der Waals surface area contributed by atoms with Crippen molar-refractivity contribution in [2.75, 3.05) is 26.2 Å². The van der Waals surface area contributed by atoms with E-state index in [4.69, 9.17) is 4.74 Å². The maximum Gasteiger partial charge on any atom is 0.253 e. The molecule has 0 spiro atoms. The van der Waals surface area contributed by atoms with E-state index in [2.05, 4.69) is 10.6 Å². The van der Waals surface area contributed by atoms with Gasteiger partial charge in [-0.2, -0.15) is 0 Å². The van der Waals surface area contributed by atoms with Gasteiger partial charge in [0.2, 0.25) is 0 Å². The number of nitrogens with zero attached hydrogens (tertiary/aromatic N) is 1. The van der Waals surface area contributed by atoms with Crippen LogP contribution in [0.2, 0.25) is 0 Å². The first-order valence-electron chi connectivity index (χ1n) is 15.4. The van der Waals surface area contributed by atoms with Gasteiger partial charge < -0.3 is 25.4 Å². The van der Waals surface area contributed by atoms with Gasteiger partial charge >= 0.3 is 0 Å². The number of aliphatic hydroxyl groups excluding tert-OH is 1. The smallest absolute Gasteiger partial charge is 0.253 e. The molecule has 3 rings (SSSR count). The molecule has 0 aromatic heterocycles. The summed E-state index contributed by atoms with van der Waals surface area (Å²) in [7, 11) is 0. The fourth-order valence-electron chi connectivity index (χ4n) is 5.06. The molecular formula is C35H45F2N3O4. The molecule has 0 aliphatic heterocycles. The van der Waals surface area contributed by atoms with Crippen molar-refractivity contribution < 1.29 is 28.2 Å². The van der Waals surface area contributed by atoms with Gasteiger partial charge in [-0.3, -0.25) is 9.59 Å². The number of benzene rings is 3. The van der Waals surface area contributed by atoms with E-state index in [1.165, 1.54) is 12.1 Å². The Morgan fingerprint density at radius 2 is 1.57 bits per heavy atom. The number of aryl methyl sites for hydroxylation is 1. The quantitative estimate of drug-likeness (QED) is 0.180. The van der Waals surface area contributed by atoms with Crippen LogP contribution in [0.3, 0.4) is 0 Å². The molecule has 3 aromatic rings. The molecule has 3 aromatic carbocycles. The average molecular weight is 610 g/mol. The van der Waals surface area contributed by atoms with Crippen LogP contribution in [0, 0.1) is 18.6 Å². The van der Waals surface area contributed by atoms with Crippen molar-refractivity contribution in [2.45, 2.75) is 72.1 Å². The molecule has 238 valence electrons. The number of ether oxygens (including phenoxy) is 1. The number of nitrogens with one attached hydrogen (secondary N) is 2. The first-order chi connectivity index (χ1) is 21.1. The van der Waals surface area contributed by atoms with E-state index in [-0.39, 0.29) is 24.4 Å². The van der Waals surface area contributed by atoms with Gasteiger partial charge in [-0.25, -0.2) is 8.78 Å². The monoisotopic (exact) mass is 609 g/mol. The van der Waals surface area contributed by atoms with Gasteiger partial charge in [0.15, 0.2) is 0 Å². The Kier molecular flexibility index (Phi) is 13.8. The molecule has 0 bridgehead atoms. The van der Waals surface area contributed by atoms with Crippen LogP contribution >= 0.6 is 0 Å². The molecule has 2 atom stereocenters. The van der Waals surface area contributed by atoms with Crippen LogP contribution in [0.5, 0.6) is 5.75 Å². The Labute approximate surface area is 259 Å². The molecule has 0 saturated heterocycles. The summed E-state index contributed by atoms with van der Waals surface area (Å²) in [5.41, 5.74) is 2.66. The third-order valence-electron chi connectivity index (χ3n) is 7.07. The fraction of sp³-hybridized carbons (Fsp3) is 0.429. The number of carbonyl (C=O) groups is 2. The average Bonchev–Trinajstić information content (AvgIpc) is 2.98. The standard InChI is InChI=1S/C35H45F2N3O4/c1-5-11-40(12-6-2)35(43)28-15-24(4)14-27(20-28)34(42)39-32(19-26-16-29(36)21-30(37)17-26)33(41)23-38-22-25-9-8-10-31(18-25)44-13-7-3/h8-10,14-18,20-21,32-33,38,41H,5-7,11-13,19,22-23H2,1-4H3,(H,39,42)/t32-,33+/m0/s1. The van der Waals surface area contributed by atoms with Crippen molar-refractivity contribution in [3.05, 3.63) is 100 Å². The van der Waals surface area contributed by atoms with E-state index in [9.17, 15) is 23.5 Å². The van der Waals surface area contributed by atoms with E-state index in [1.807, 2.05) is 52.0 Å². The summed E-state index contributed by atoms with van der Waals surface area (Å²) in [5.74, 6) is -1.37. The number of rotatable bonds is 17. The topological polar surface area (TPSA) is 90.9 Å². The highest BCUT2D eigenvalue weighted by molar-refractivity contribution is 6.00. The third kappa shape index (κ3) is 10.7. The largest absolute Gasteiger partial charge is 0.494 e. The Morgan fingerprint density at radius 3 is 2.23 bits per heavy atom. The molecule has 44 heavy (non-hydrogen) atoms. The van der Waals surface area contributed by atoms with Gasteiger partial charge in [-0.15, -0.1) is 0 Å². The van der Waals surface area contributed by atoms with Crippen molar-refractivity contribution in [1.29, 1.82) is 0 Å². The summed E-state index contributed by atoms with van der Waals surface area (Å²) in [5, 5.41) is 17.2. The predicted molar refractivity (Wildman–Crippen MR) is 169 cm³/mol. The SMILES string of the molecule is CCCOc1cccc(CNC[C@@H](O)[C@H](Cc2cc(F)cc(F)c2)NC(=O)c2cc(C)cc(C(=O)N(CCC)CCC)c2)c1. The van der Waals surface area contributed by atoms with Crippen LogP contribution in [0.15, 0.2) is 60.7 Å². The van der Waals surface area contributed by atoms with Gasteiger partial charge in [-0.05, 0) is 91.8 Å². The minimum Gasteiger partial charge on any atom is -0.494 e. The second-order valence-corrected chi connectivity index (χ2v) is 11.1. The molecule has 9 heteroatoms. The van der Waals surface area contributed by atoms with E-state index in [0.717, 1.165) is 42.2 Å². The molecule has 7 nitrogen and oxygen atoms in total. The van der Waals surface area contributed by atoms with E-state index in [1.54, 1.807) is 23.1 Å². The van der Waals surface area contributed by atoms with Gasteiger partial charge in [0, 0.05) is 43.4 Å². The maximum atomic E-state index is 14.0. The summed E-state index contributed by atoms with van der Waals surface area (Å²) >= 11 is 0. The molecule has 0 aliphatic rings. The highest BCUT2D eigenvalue weighted by atomic mass is 19.1. The first-order valence-corrected chi connectivity index (χ1v) is 15.4. The third-order valence-corrected chi connectivity index (χ3v) is 7.07. The predicted octanol–water partition coefficient (Wildman–Crippen LogP) is 5.82. The maximum absolute atomic E-state index is 14.0. The molecule has 2 amide bonds. The van der Waals surface area contributed by atoms with Crippen molar-refractivity contribution in [3.63, 3.8) is 0 Å². The number of amides is 2. The Morgan fingerprint density at radius 1 is 0.886 bits per heavy atom. The number of halogens is 2. The van der Waals surface area contributed by atoms with E-state index in [0.29, 0.717) is 37.4 Å². The minimum absolute atomic E-state index is 0.0119. The summed E-state index contributed by atoms with van der Waals surface area (Å²) < 4.78 is 33.7. The molecule has 0 aliphatic carbocycles. The van der Waals surface area contributed by atoms with Crippen molar-refractivity contribution in [2.24, 2.45) is 0 Å². The number of hydrogen-bond donors (Lipinski definition) is 3. The van der Waals surface area contributed by atoms with Crippen LogP contribution in [-0.4, -0.2) is 60.2 Å². The van der Waals surface area contributed by atoms with Crippen molar-refractivity contribution >= 4 is 11.8 Å². The van der Waals surface area contributed by atoms with Gasteiger partial charge in [-0.1, -0.05) is 32.9 Å². The molecule has 0 fully saturated rings. The van der Waals surface area contributed by atoms with E-state index >= 15 is 0 Å². The fourth-order valence-corrected chi connectivity index (χ4v) is 5.06. The summed E-state index contributed by atoms with van der Waals surface area (Å²) in [6.45, 7) is 10.2. The summed E-state index contributed by atoms with van der Waals surface area (Å²) in [6, 6.07) is 14.9.